The van der Waals surface area contributed by atoms with Crippen LogP contribution in [0.2, 0.25) is 0 Å². The molecule has 0 spiro atoms. The molecule has 2 aromatic heterocycles. The van der Waals surface area contributed by atoms with Crippen LogP contribution in [-0.4, -0.2) is 16.4 Å². The molecule has 1 N–H and O–H groups in total. The lowest BCUT2D eigenvalue weighted by atomic mass is 10.4. The molecule has 2 aromatic rings. The van der Waals surface area contributed by atoms with E-state index >= 15 is 0 Å². The van der Waals surface area contributed by atoms with Crippen molar-refractivity contribution >= 4 is 27.3 Å². The van der Waals surface area contributed by atoms with Crippen LogP contribution in [0, 0.1) is 6.92 Å². The number of halogens is 1. The van der Waals surface area contributed by atoms with Gasteiger partial charge in [-0.05, 0) is 35.0 Å². The number of hydrogen-bond acceptors (Lipinski definition) is 2. The van der Waals surface area contributed by atoms with Crippen LogP contribution >= 0.6 is 15.9 Å². The Balaban J connectivity index is 2.88. The highest BCUT2D eigenvalue weighted by molar-refractivity contribution is 9.10. The smallest absolute Gasteiger partial charge is 0.132 e. The number of fused-ring (bicyclic) bond motifs is 1. The van der Waals surface area contributed by atoms with Gasteiger partial charge in [0.2, 0.25) is 0 Å². The number of hydrogen-bond donors (Lipinski definition) is 1. The molecule has 0 fully saturated rings. The Bertz CT molecular complexity index is 447. The second-order valence-electron chi connectivity index (χ2n) is 2.83. The number of nitrogens with zero attached hydrogens (tertiary/aromatic N) is 2. The van der Waals surface area contributed by atoms with Crippen LogP contribution in [0.25, 0.3) is 5.52 Å². The minimum atomic E-state index is 0.891. The van der Waals surface area contributed by atoms with Crippen molar-refractivity contribution in [3.05, 3.63) is 28.6 Å². The van der Waals surface area contributed by atoms with Gasteiger partial charge in [0.15, 0.2) is 0 Å². The first kappa shape index (κ1) is 8.56. The number of anilines is 1. The van der Waals surface area contributed by atoms with Gasteiger partial charge in [-0.15, -0.1) is 0 Å². The number of aryl methyl sites for hydroxylation is 1. The highest BCUT2D eigenvalue weighted by Gasteiger charge is 2.06. The Kier molecular flexibility index (Phi) is 2.00. The topological polar surface area (TPSA) is 29.3 Å². The first-order valence-electron chi connectivity index (χ1n) is 4.05. The standard InChI is InChI=1S/C9H10BrN3/c1-6-12-9(10)7-4-3-5-8(11-2)13(6)7/h3-5,11H,1-2H3. The highest BCUT2D eigenvalue weighted by atomic mass is 79.9. The molecule has 68 valence electrons. The lowest BCUT2D eigenvalue weighted by Gasteiger charge is -2.04. The number of aromatic nitrogens is 2. The molecule has 2 heterocycles. The maximum absolute atomic E-state index is 4.34. The fourth-order valence-corrected chi connectivity index (χ4v) is 2.03. The Labute approximate surface area is 84.9 Å². The van der Waals surface area contributed by atoms with E-state index in [0.717, 1.165) is 21.8 Å². The van der Waals surface area contributed by atoms with Crippen molar-refractivity contribution in [1.29, 1.82) is 0 Å². The Morgan fingerprint density at radius 2 is 2.23 bits per heavy atom. The predicted molar refractivity (Wildman–Crippen MR) is 57.2 cm³/mol. The third-order valence-electron chi connectivity index (χ3n) is 2.04. The van der Waals surface area contributed by atoms with Crippen molar-refractivity contribution in [1.82, 2.24) is 9.38 Å². The largest absolute Gasteiger partial charge is 0.374 e. The van der Waals surface area contributed by atoms with Gasteiger partial charge in [-0.3, -0.25) is 4.40 Å². The first-order chi connectivity index (χ1) is 6.24. The third kappa shape index (κ3) is 1.21. The summed E-state index contributed by atoms with van der Waals surface area (Å²) in [6, 6.07) is 6.06. The van der Waals surface area contributed by atoms with Gasteiger partial charge in [-0.1, -0.05) is 6.07 Å². The van der Waals surface area contributed by atoms with Crippen molar-refractivity contribution < 1.29 is 0 Å². The molecule has 2 rings (SSSR count). The van der Waals surface area contributed by atoms with E-state index in [2.05, 4.69) is 30.6 Å². The summed E-state index contributed by atoms with van der Waals surface area (Å²) in [6.07, 6.45) is 0. The minimum Gasteiger partial charge on any atom is -0.374 e. The summed E-state index contributed by atoms with van der Waals surface area (Å²) in [5, 5.41) is 3.13. The van der Waals surface area contributed by atoms with Crippen molar-refractivity contribution in [2.24, 2.45) is 0 Å². The van der Waals surface area contributed by atoms with Gasteiger partial charge < -0.3 is 5.32 Å². The van der Waals surface area contributed by atoms with Crippen molar-refractivity contribution in [2.45, 2.75) is 6.92 Å². The molecule has 0 saturated heterocycles. The lowest BCUT2D eigenvalue weighted by Crippen LogP contribution is -1.98. The fraction of sp³-hybridized carbons (Fsp3) is 0.222. The molecule has 0 saturated carbocycles. The van der Waals surface area contributed by atoms with Crippen LogP contribution < -0.4 is 5.32 Å². The van der Waals surface area contributed by atoms with Crippen molar-refractivity contribution in [2.75, 3.05) is 12.4 Å². The average Bonchev–Trinajstić information content (AvgIpc) is 2.43. The molecule has 0 unspecified atom stereocenters. The minimum absolute atomic E-state index is 0.891. The van der Waals surface area contributed by atoms with E-state index in [1.54, 1.807) is 0 Å². The maximum atomic E-state index is 4.34. The van der Waals surface area contributed by atoms with E-state index in [-0.39, 0.29) is 0 Å². The van der Waals surface area contributed by atoms with Gasteiger partial charge in [0.25, 0.3) is 0 Å². The Morgan fingerprint density at radius 1 is 1.46 bits per heavy atom. The predicted octanol–water partition coefficient (Wildman–Crippen LogP) is 2.45. The van der Waals surface area contributed by atoms with Crippen molar-refractivity contribution in [3.63, 3.8) is 0 Å². The van der Waals surface area contributed by atoms with E-state index in [1.807, 2.05) is 32.2 Å². The van der Waals surface area contributed by atoms with Crippen LogP contribution in [0.15, 0.2) is 22.8 Å². The Morgan fingerprint density at radius 3 is 2.92 bits per heavy atom. The zero-order valence-corrected chi connectivity index (χ0v) is 9.09. The van der Waals surface area contributed by atoms with Crippen LogP contribution in [-0.2, 0) is 0 Å². The summed E-state index contributed by atoms with van der Waals surface area (Å²) in [5.41, 5.74) is 1.09. The monoisotopic (exact) mass is 239 g/mol. The SMILES string of the molecule is CNc1cccc2c(Br)nc(C)n12. The molecule has 0 aliphatic carbocycles. The van der Waals surface area contributed by atoms with Gasteiger partial charge in [-0.25, -0.2) is 4.98 Å². The summed E-state index contributed by atoms with van der Waals surface area (Å²) in [6.45, 7) is 1.98. The number of pyridine rings is 1. The first-order valence-corrected chi connectivity index (χ1v) is 4.84. The van der Waals surface area contributed by atoms with Crippen LogP contribution in [0.5, 0.6) is 0 Å². The molecule has 3 nitrogen and oxygen atoms in total. The van der Waals surface area contributed by atoms with E-state index in [0.29, 0.717) is 0 Å². The van der Waals surface area contributed by atoms with Gasteiger partial charge in [0.05, 0.1) is 5.52 Å². The molecular formula is C9H10BrN3. The molecular weight excluding hydrogens is 230 g/mol. The normalized spacial score (nSPS) is 10.7. The van der Waals surface area contributed by atoms with E-state index in [1.165, 1.54) is 0 Å². The molecule has 0 aromatic carbocycles. The number of rotatable bonds is 1. The summed E-state index contributed by atoms with van der Waals surface area (Å²) < 4.78 is 2.96. The van der Waals surface area contributed by atoms with Gasteiger partial charge in [0, 0.05) is 7.05 Å². The summed E-state index contributed by atoms with van der Waals surface area (Å²) in [7, 11) is 1.90. The highest BCUT2D eigenvalue weighted by Crippen LogP contribution is 2.22. The van der Waals surface area contributed by atoms with E-state index in [4.69, 9.17) is 0 Å². The Hall–Kier alpha value is -1.03. The fourth-order valence-electron chi connectivity index (χ4n) is 1.46. The van der Waals surface area contributed by atoms with Gasteiger partial charge in [-0.2, -0.15) is 0 Å². The average molecular weight is 240 g/mol. The molecule has 0 aliphatic heterocycles. The molecule has 0 aliphatic rings. The zero-order chi connectivity index (χ0) is 9.42. The molecule has 0 amide bonds. The number of imidazole rings is 1. The molecule has 0 radical (unpaired) electrons. The van der Waals surface area contributed by atoms with Crippen LogP contribution in [0.4, 0.5) is 5.82 Å². The molecule has 4 heteroatoms. The maximum Gasteiger partial charge on any atom is 0.132 e. The van der Waals surface area contributed by atoms with E-state index in [9.17, 15) is 0 Å². The second kappa shape index (κ2) is 3.03. The summed E-state index contributed by atoms with van der Waals surface area (Å²) >= 11 is 3.42. The van der Waals surface area contributed by atoms with Gasteiger partial charge >= 0.3 is 0 Å². The molecule has 0 bridgehead atoms. The quantitative estimate of drug-likeness (QED) is 0.829. The van der Waals surface area contributed by atoms with Crippen LogP contribution in [0.1, 0.15) is 5.82 Å². The summed E-state index contributed by atoms with van der Waals surface area (Å²) in [4.78, 5) is 4.34. The summed E-state index contributed by atoms with van der Waals surface area (Å²) in [5.74, 6) is 2.03. The van der Waals surface area contributed by atoms with E-state index < -0.39 is 0 Å². The molecule has 13 heavy (non-hydrogen) atoms. The van der Waals surface area contributed by atoms with Gasteiger partial charge in [0.1, 0.15) is 16.2 Å². The lowest BCUT2D eigenvalue weighted by molar-refractivity contribution is 1.04. The van der Waals surface area contributed by atoms with Crippen molar-refractivity contribution in [3.8, 4) is 0 Å². The van der Waals surface area contributed by atoms with Crippen LogP contribution in [0.3, 0.4) is 0 Å². The third-order valence-corrected chi connectivity index (χ3v) is 2.62. The second-order valence-corrected chi connectivity index (χ2v) is 3.58. The molecule has 0 atom stereocenters. The zero-order valence-electron chi connectivity index (χ0n) is 7.50. The number of nitrogens with one attached hydrogen (secondary N) is 1.